The second-order valence-electron chi connectivity index (χ2n) is 6.07. The molecule has 0 saturated carbocycles. The standard InChI is InChI=1S/C19H18N4O2/c20-19(24)25-14-8-4-7-13(9-14)17-16-15(12-5-2-1-3-6-12)10-21-18(16)23-11-22-17/h1-3,5-6,9-11,14H,4,7-8H2,(H2,20,24)(H,21,22,23). The van der Waals surface area contributed by atoms with Gasteiger partial charge in [0.25, 0.3) is 0 Å². The van der Waals surface area contributed by atoms with E-state index in [2.05, 4.69) is 27.1 Å². The molecule has 0 radical (unpaired) electrons. The zero-order valence-electron chi connectivity index (χ0n) is 13.6. The van der Waals surface area contributed by atoms with Crippen LogP contribution in [0.25, 0.3) is 27.7 Å². The minimum atomic E-state index is -0.748. The number of aromatic amines is 1. The van der Waals surface area contributed by atoms with Crippen LogP contribution in [0.3, 0.4) is 0 Å². The van der Waals surface area contributed by atoms with E-state index < -0.39 is 6.09 Å². The first-order valence-electron chi connectivity index (χ1n) is 8.27. The summed E-state index contributed by atoms with van der Waals surface area (Å²) in [7, 11) is 0. The van der Waals surface area contributed by atoms with Crippen molar-refractivity contribution in [3.63, 3.8) is 0 Å². The Morgan fingerprint density at radius 2 is 2.08 bits per heavy atom. The Labute approximate surface area is 144 Å². The highest BCUT2D eigenvalue weighted by Crippen LogP contribution is 2.35. The zero-order chi connectivity index (χ0) is 17.2. The number of carbonyl (C=O) groups is 1. The number of hydrogen-bond acceptors (Lipinski definition) is 4. The van der Waals surface area contributed by atoms with Crippen molar-refractivity contribution in [1.82, 2.24) is 15.0 Å². The lowest BCUT2D eigenvalue weighted by Gasteiger charge is -2.20. The van der Waals surface area contributed by atoms with Crippen LogP contribution in [-0.2, 0) is 4.74 Å². The molecular formula is C19H18N4O2. The van der Waals surface area contributed by atoms with Crippen molar-refractivity contribution in [3.05, 3.63) is 54.6 Å². The summed E-state index contributed by atoms with van der Waals surface area (Å²) >= 11 is 0. The molecule has 0 saturated heterocycles. The average molecular weight is 334 g/mol. The lowest BCUT2D eigenvalue weighted by atomic mass is 9.92. The molecule has 0 aliphatic heterocycles. The number of nitrogens with two attached hydrogens (primary N) is 1. The van der Waals surface area contributed by atoms with Gasteiger partial charge in [-0.2, -0.15) is 0 Å². The van der Waals surface area contributed by atoms with Gasteiger partial charge in [0.1, 0.15) is 18.1 Å². The number of rotatable bonds is 3. The van der Waals surface area contributed by atoms with Crippen LogP contribution in [0.15, 0.2) is 48.9 Å². The average Bonchev–Trinajstić information content (AvgIpc) is 3.06. The molecule has 3 aromatic rings. The van der Waals surface area contributed by atoms with E-state index in [4.69, 9.17) is 10.5 Å². The molecule has 1 amide bonds. The van der Waals surface area contributed by atoms with E-state index in [9.17, 15) is 4.79 Å². The Morgan fingerprint density at radius 1 is 1.24 bits per heavy atom. The Morgan fingerprint density at radius 3 is 2.88 bits per heavy atom. The highest BCUT2D eigenvalue weighted by Gasteiger charge is 2.21. The van der Waals surface area contributed by atoms with Crippen LogP contribution in [-0.4, -0.2) is 27.1 Å². The smallest absolute Gasteiger partial charge is 0.405 e. The van der Waals surface area contributed by atoms with E-state index in [0.29, 0.717) is 0 Å². The van der Waals surface area contributed by atoms with E-state index >= 15 is 0 Å². The summed E-state index contributed by atoms with van der Waals surface area (Å²) in [6, 6.07) is 10.1. The molecule has 1 aliphatic carbocycles. The van der Waals surface area contributed by atoms with Gasteiger partial charge in [0.05, 0.1) is 11.1 Å². The fraction of sp³-hybridized carbons (Fsp3) is 0.211. The van der Waals surface area contributed by atoms with Gasteiger partial charge in [-0.15, -0.1) is 0 Å². The Bertz CT molecular complexity index is 946. The minimum absolute atomic E-state index is 0.301. The van der Waals surface area contributed by atoms with Crippen molar-refractivity contribution in [2.45, 2.75) is 25.4 Å². The molecule has 0 spiro atoms. The number of H-pyrrole nitrogens is 1. The molecular weight excluding hydrogens is 316 g/mol. The van der Waals surface area contributed by atoms with Gasteiger partial charge in [-0.1, -0.05) is 30.3 Å². The molecule has 6 heteroatoms. The molecule has 2 aromatic heterocycles. The molecule has 1 atom stereocenters. The second-order valence-corrected chi connectivity index (χ2v) is 6.07. The van der Waals surface area contributed by atoms with E-state index in [0.717, 1.165) is 52.7 Å². The molecule has 4 rings (SSSR count). The number of allylic oxidation sites excluding steroid dienone is 1. The summed E-state index contributed by atoms with van der Waals surface area (Å²) in [5.41, 5.74) is 10.1. The summed E-state index contributed by atoms with van der Waals surface area (Å²) in [6.07, 6.45) is 7.00. The predicted molar refractivity (Wildman–Crippen MR) is 95.6 cm³/mol. The highest BCUT2D eigenvalue weighted by atomic mass is 16.6. The number of aromatic nitrogens is 3. The summed E-state index contributed by atoms with van der Waals surface area (Å²) < 4.78 is 5.16. The van der Waals surface area contributed by atoms with Crippen molar-refractivity contribution in [2.75, 3.05) is 0 Å². The molecule has 25 heavy (non-hydrogen) atoms. The van der Waals surface area contributed by atoms with Gasteiger partial charge in [0, 0.05) is 11.8 Å². The van der Waals surface area contributed by atoms with Crippen LogP contribution in [0, 0.1) is 0 Å². The number of primary amides is 1. The number of hydrogen-bond donors (Lipinski definition) is 2. The van der Waals surface area contributed by atoms with Gasteiger partial charge in [0.15, 0.2) is 0 Å². The van der Waals surface area contributed by atoms with E-state index in [1.165, 1.54) is 0 Å². The van der Waals surface area contributed by atoms with Crippen LogP contribution < -0.4 is 5.73 Å². The van der Waals surface area contributed by atoms with Crippen LogP contribution in [0.1, 0.15) is 25.0 Å². The van der Waals surface area contributed by atoms with Gasteiger partial charge < -0.3 is 15.5 Å². The number of benzene rings is 1. The molecule has 0 bridgehead atoms. The molecule has 1 aromatic carbocycles. The maximum absolute atomic E-state index is 11.1. The van der Waals surface area contributed by atoms with Crippen molar-refractivity contribution in [2.24, 2.45) is 5.73 Å². The number of amides is 1. The van der Waals surface area contributed by atoms with Gasteiger partial charge in [-0.3, -0.25) is 0 Å². The van der Waals surface area contributed by atoms with Crippen LogP contribution in [0.4, 0.5) is 4.79 Å². The molecule has 0 fully saturated rings. The van der Waals surface area contributed by atoms with Gasteiger partial charge in [-0.25, -0.2) is 14.8 Å². The second kappa shape index (κ2) is 6.39. The number of nitrogens with one attached hydrogen (secondary N) is 1. The van der Waals surface area contributed by atoms with E-state index in [-0.39, 0.29) is 6.10 Å². The molecule has 6 nitrogen and oxygen atoms in total. The quantitative estimate of drug-likeness (QED) is 0.764. The SMILES string of the molecule is NC(=O)OC1C=C(c2ncnc3[nH]cc(-c4ccccc4)c23)CCC1. The Kier molecular flexibility index (Phi) is 3.93. The van der Waals surface area contributed by atoms with Gasteiger partial charge >= 0.3 is 6.09 Å². The molecule has 2 heterocycles. The predicted octanol–water partition coefficient (Wildman–Crippen LogP) is 3.66. The lowest BCUT2D eigenvalue weighted by molar-refractivity contribution is 0.122. The first kappa shape index (κ1) is 15.4. The number of fused-ring (bicyclic) bond motifs is 1. The summed E-state index contributed by atoms with van der Waals surface area (Å²) in [6.45, 7) is 0. The highest BCUT2D eigenvalue weighted by molar-refractivity contribution is 6.00. The first-order valence-corrected chi connectivity index (χ1v) is 8.27. The van der Waals surface area contributed by atoms with Gasteiger partial charge in [-0.05, 0) is 36.5 Å². The van der Waals surface area contributed by atoms with Crippen LogP contribution in [0.2, 0.25) is 0 Å². The van der Waals surface area contributed by atoms with E-state index in [1.54, 1.807) is 6.33 Å². The molecule has 3 N–H and O–H groups in total. The third kappa shape index (κ3) is 2.98. The number of carbonyl (C=O) groups excluding carboxylic acids is 1. The van der Waals surface area contributed by atoms with Gasteiger partial charge in [0.2, 0.25) is 0 Å². The van der Waals surface area contributed by atoms with Crippen LogP contribution in [0.5, 0.6) is 0 Å². The third-order valence-corrected chi connectivity index (χ3v) is 4.45. The van der Waals surface area contributed by atoms with E-state index in [1.807, 2.05) is 30.5 Å². The topological polar surface area (TPSA) is 93.9 Å². The fourth-order valence-electron chi connectivity index (χ4n) is 3.38. The van der Waals surface area contributed by atoms with Crippen molar-refractivity contribution in [3.8, 4) is 11.1 Å². The van der Waals surface area contributed by atoms with Crippen molar-refractivity contribution < 1.29 is 9.53 Å². The Hall–Kier alpha value is -3.15. The fourth-order valence-corrected chi connectivity index (χ4v) is 3.38. The first-order chi connectivity index (χ1) is 12.2. The number of nitrogens with zero attached hydrogens (tertiary/aromatic N) is 2. The maximum Gasteiger partial charge on any atom is 0.405 e. The monoisotopic (exact) mass is 334 g/mol. The summed E-state index contributed by atoms with van der Waals surface area (Å²) in [4.78, 5) is 23.2. The zero-order valence-corrected chi connectivity index (χ0v) is 13.6. The van der Waals surface area contributed by atoms with Crippen LogP contribution >= 0.6 is 0 Å². The lowest BCUT2D eigenvalue weighted by Crippen LogP contribution is -2.23. The minimum Gasteiger partial charge on any atom is -0.442 e. The summed E-state index contributed by atoms with van der Waals surface area (Å²) in [5, 5.41) is 0.986. The van der Waals surface area contributed by atoms with Crippen molar-refractivity contribution >= 4 is 22.7 Å². The summed E-state index contributed by atoms with van der Waals surface area (Å²) in [5.74, 6) is 0. The Balaban J connectivity index is 1.84. The number of ether oxygens (including phenoxy) is 1. The third-order valence-electron chi connectivity index (χ3n) is 4.45. The molecule has 1 aliphatic rings. The maximum atomic E-state index is 11.1. The largest absolute Gasteiger partial charge is 0.442 e. The van der Waals surface area contributed by atoms with Crippen molar-refractivity contribution in [1.29, 1.82) is 0 Å². The normalized spacial score (nSPS) is 17.3. The molecule has 1 unspecified atom stereocenters. The molecule has 126 valence electrons.